The summed E-state index contributed by atoms with van der Waals surface area (Å²) in [6.45, 7) is 1.50. The van der Waals surface area contributed by atoms with Gasteiger partial charge in [0.15, 0.2) is 12.4 Å². The first kappa shape index (κ1) is 15.3. The highest BCUT2D eigenvalue weighted by molar-refractivity contribution is 5.66. The summed E-state index contributed by atoms with van der Waals surface area (Å²) in [4.78, 5) is 11.1. The average molecular weight is 264 g/mol. The molecule has 0 aromatic heterocycles. The minimum Gasteiger partial charge on any atom is -0.457 e. The lowest BCUT2D eigenvalue weighted by Gasteiger charge is -2.42. The number of aliphatic hydroxyl groups is 1. The van der Waals surface area contributed by atoms with Crippen molar-refractivity contribution in [3.05, 3.63) is 0 Å². The van der Waals surface area contributed by atoms with Crippen molar-refractivity contribution in [2.75, 3.05) is 27.9 Å². The van der Waals surface area contributed by atoms with E-state index in [9.17, 15) is 9.90 Å². The predicted octanol–water partition coefficient (Wildman–Crippen LogP) is -0.688. The molecule has 0 spiro atoms. The maximum Gasteiger partial charge on any atom is 0.303 e. The van der Waals surface area contributed by atoms with Crippen molar-refractivity contribution in [2.24, 2.45) is 0 Å². The van der Waals surface area contributed by atoms with E-state index >= 15 is 0 Å². The smallest absolute Gasteiger partial charge is 0.303 e. The molecule has 1 heterocycles. The van der Waals surface area contributed by atoms with Crippen molar-refractivity contribution in [2.45, 2.75) is 37.6 Å². The molecule has 1 aliphatic rings. The van der Waals surface area contributed by atoms with Crippen molar-refractivity contribution in [1.82, 2.24) is 0 Å². The molecule has 0 amide bonds. The van der Waals surface area contributed by atoms with Gasteiger partial charge < -0.3 is 28.8 Å². The minimum absolute atomic E-state index is 0.212. The van der Waals surface area contributed by atoms with Crippen molar-refractivity contribution >= 4 is 5.97 Å². The summed E-state index contributed by atoms with van der Waals surface area (Å²) in [6, 6.07) is 0. The molecule has 0 radical (unpaired) electrons. The lowest BCUT2D eigenvalue weighted by atomic mass is 9.98. The third-order valence-corrected chi connectivity index (χ3v) is 2.79. The number of aliphatic hydroxyl groups excluding tert-OH is 1. The highest BCUT2D eigenvalue weighted by Crippen LogP contribution is 2.26. The zero-order valence-corrected chi connectivity index (χ0v) is 11.0. The molecule has 0 aromatic carbocycles. The molecule has 5 atom stereocenters. The van der Waals surface area contributed by atoms with E-state index < -0.39 is 36.7 Å². The van der Waals surface area contributed by atoms with Crippen LogP contribution < -0.4 is 0 Å². The van der Waals surface area contributed by atoms with Gasteiger partial charge in [-0.2, -0.15) is 0 Å². The van der Waals surface area contributed by atoms with E-state index in [1.54, 1.807) is 0 Å². The maximum absolute atomic E-state index is 11.1. The molecule has 1 fully saturated rings. The van der Waals surface area contributed by atoms with E-state index in [1.165, 1.54) is 28.3 Å². The summed E-state index contributed by atoms with van der Waals surface area (Å²) >= 11 is 0. The lowest BCUT2D eigenvalue weighted by Crippen LogP contribution is -2.61. The number of carbonyl (C=O) groups is 1. The van der Waals surface area contributed by atoms with E-state index in [2.05, 4.69) is 0 Å². The highest BCUT2D eigenvalue weighted by atomic mass is 16.7. The monoisotopic (exact) mass is 264 g/mol. The zero-order chi connectivity index (χ0) is 13.7. The first-order valence-corrected chi connectivity index (χ1v) is 5.60. The van der Waals surface area contributed by atoms with Crippen LogP contribution in [0, 0.1) is 0 Å². The van der Waals surface area contributed by atoms with Gasteiger partial charge in [0, 0.05) is 28.3 Å². The topological polar surface area (TPSA) is 83.5 Å². The van der Waals surface area contributed by atoms with Gasteiger partial charge in [0.05, 0.1) is 6.61 Å². The van der Waals surface area contributed by atoms with Crippen molar-refractivity contribution in [3.8, 4) is 0 Å². The van der Waals surface area contributed by atoms with Crippen LogP contribution in [0.4, 0.5) is 0 Å². The van der Waals surface area contributed by atoms with Crippen LogP contribution in [0.1, 0.15) is 6.92 Å². The van der Waals surface area contributed by atoms with E-state index in [4.69, 9.17) is 23.7 Å². The Labute approximate surface area is 106 Å². The number of esters is 1. The second-order valence-electron chi connectivity index (χ2n) is 4.00. The predicted molar refractivity (Wildman–Crippen MR) is 59.9 cm³/mol. The largest absolute Gasteiger partial charge is 0.457 e. The molecule has 7 heteroatoms. The van der Waals surface area contributed by atoms with E-state index in [-0.39, 0.29) is 6.61 Å². The van der Waals surface area contributed by atoms with Crippen LogP contribution in [0.3, 0.4) is 0 Å². The molecule has 0 aromatic rings. The summed E-state index contributed by atoms with van der Waals surface area (Å²) in [5.41, 5.74) is 0. The van der Waals surface area contributed by atoms with Gasteiger partial charge >= 0.3 is 5.97 Å². The van der Waals surface area contributed by atoms with Crippen molar-refractivity contribution in [3.63, 3.8) is 0 Å². The molecule has 1 rings (SSSR count). The first-order valence-electron chi connectivity index (χ1n) is 5.60. The van der Waals surface area contributed by atoms with Gasteiger partial charge in [-0.25, -0.2) is 0 Å². The Hall–Kier alpha value is -0.730. The number of hydrogen-bond donors (Lipinski definition) is 1. The third kappa shape index (κ3) is 3.39. The van der Waals surface area contributed by atoms with Gasteiger partial charge in [-0.3, -0.25) is 4.79 Å². The highest BCUT2D eigenvalue weighted by Gasteiger charge is 2.48. The molecule has 7 nitrogen and oxygen atoms in total. The van der Waals surface area contributed by atoms with Crippen LogP contribution in [0.5, 0.6) is 0 Å². The van der Waals surface area contributed by atoms with Crippen LogP contribution in [0.2, 0.25) is 0 Å². The van der Waals surface area contributed by atoms with Crippen LogP contribution in [-0.2, 0) is 28.5 Å². The van der Waals surface area contributed by atoms with Gasteiger partial charge in [-0.1, -0.05) is 0 Å². The van der Waals surface area contributed by atoms with Gasteiger partial charge in [-0.15, -0.1) is 0 Å². The molecule has 106 valence electrons. The normalized spacial score (nSPS) is 36.4. The SMILES string of the molecule is COC[C@H]1OC(O)[C@H](OC)[C@@H](OC(C)=O)[C@@H]1OC. The number of carbonyl (C=O) groups excluding carboxylic acids is 1. The number of hydrogen-bond acceptors (Lipinski definition) is 7. The lowest BCUT2D eigenvalue weighted by molar-refractivity contribution is -0.298. The molecule has 0 aliphatic carbocycles. The van der Waals surface area contributed by atoms with E-state index in [0.29, 0.717) is 0 Å². The van der Waals surface area contributed by atoms with Gasteiger partial charge in [-0.05, 0) is 0 Å². The summed E-state index contributed by atoms with van der Waals surface area (Å²) in [5, 5.41) is 9.81. The fourth-order valence-electron chi connectivity index (χ4n) is 2.06. The molecular formula is C11H20O7. The molecule has 1 saturated heterocycles. The Morgan fingerprint density at radius 1 is 1.17 bits per heavy atom. The van der Waals surface area contributed by atoms with Gasteiger partial charge in [0.25, 0.3) is 0 Å². The van der Waals surface area contributed by atoms with Crippen LogP contribution in [0.15, 0.2) is 0 Å². The summed E-state index contributed by atoms with van der Waals surface area (Å²) in [6.07, 6.45) is -3.85. The number of methoxy groups -OCH3 is 3. The number of ether oxygens (including phenoxy) is 5. The molecule has 1 N–H and O–H groups in total. The third-order valence-electron chi connectivity index (χ3n) is 2.79. The molecule has 1 aliphatic heterocycles. The second kappa shape index (κ2) is 7.01. The quantitative estimate of drug-likeness (QED) is 0.658. The Morgan fingerprint density at radius 3 is 2.22 bits per heavy atom. The van der Waals surface area contributed by atoms with Crippen molar-refractivity contribution in [1.29, 1.82) is 0 Å². The Morgan fingerprint density at radius 2 is 1.78 bits per heavy atom. The second-order valence-corrected chi connectivity index (χ2v) is 4.00. The van der Waals surface area contributed by atoms with Crippen LogP contribution in [-0.4, -0.2) is 69.7 Å². The summed E-state index contributed by atoms with van der Waals surface area (Å²) in [7, 11) is 4.38. The van der Waals surface area contributed by atoms with Crippen LogP contribution >= 0.6 is 0 Å². The zero-order valence-electron chi connectivity index (χ0n) is 11.0. The van der Waals surface area contributed by atoms with E-state index in [1.807, 2.05) is 0 Å². The van der Waals surface area contributed by atoms with E-state index in [0.717, 1.165) is 0 Å². The molecule has 0 saturated carbocycles. The van der Waals surface area contributed by atoms with Gasteiger partial charge in [0.1, 0.15) is 18.3 Å². The molecular weight excluding hydrogens is 244 g/mol. The summed E-state index contributed by atoms with van der Waals surface area (Å²) in [5.74, 6) is -0.477. The Kier molecular flexibility index (Phi) is 5.97. The first-order chi connectivity index (χ1) is 8.54. The maximum atomic E-state index is 11.1. The average Bonchev–Trinajstić information content (AvgIpc) is 2.29. The van der Waals surface area contributed by atoms with Crippen molar-refractivity contribution < 1.29 is 33.6 Å². The fraction of sp³-hybridized carbons (Fsp3) is 0.909. The Balaban J connectivity index is 2.89. The standard InChI is InChI=1S/C11H20O7/c1-6(12)17-9-8(15-3)7(5-14-2)18-11(13)10(9)16-4/h7-11,13H,5H2,1-4H3/t7-,8-,9+,10-,11?/m1/s1. The Bertz CT molecular complexity index is 270. The van der Waals surface area contributed by atoms with Gasteiger partial charge in [0.2, 0.25) is 0 Å². The summed E-state index contributed by atoms with van der Waals surface area (Å²) < 4.78 is 25.9. The minimum atomic E-state index is -1.20. The molecule has 18 heavy (non-hydrogen) atoms. The molecule has 0 bridgehead atoms. The number of rotatable bonds is 5. The van der Waals surface area contributed by atoms with Crippen LogP contribution in [0.25, 0.3) is 0 Å². The fourth-order valence-corrected chi connectivity index (χ4v) is 2.06. The molecule has 1 unspecified atom stereocenters.